The number of hydrogen-bond donors (Lipinski definition) is 1. The van der Waals surface area contributed by atoms with Gasteiger partial charge in [-0.1, -0.05) is 18.2 Å². The van der Waals surface area contributed by atoms with Crippen LogP contribution in [-0.4, -0.2) is 70.3 Å². The van der Waals surface area contributed by atoms with Crippen LogP contribution in [0, 0.1) is 0 Å². The van der Waals surface area contributed by atoms with Gasteiger partial charge in [-0.15, -0.1) is 0 Å². The number of para-hydroxylation sites is 1. The predicted octanol–water partition coefficient (Wildman–Crippen LogP) is 1.30. The fourth-order valence-corrected chi connectivity index (χ4v) is 4.47. The molecule has 1 heterocycles. The first kappa shape index (κ1) is 19.5. The molecule has 7 nitrogen and oxygen atoms in total. The van der Waals surface area contributed by atoms with Crippen LogP contribution >= 0.6 is 0 Å². The van der Waals surface area contributed by atoms with E-state index in [-0.39, 0.29) is 23.6 Å². The summed E-state index contributed by atoms with van der Waals surface area (Å²) in [5.74, 6) is 0.965. The van der Waals surface area contributed by atoms with Gasteiger partial charge >= 0.3 is 6.03 Å². The molecule has 1 N–H and O–H groups in total. The van der Waals surface area contributed by atoms with Crippen molar-refractivity contribution in [2.45, 2.75) is 18.9 Å². The molecule has 1 aliphatic rings. The molecule has 1 atom stereocenters. The third-order valence-corrected chi connectivity index (χ3v) is 5.81. The van der Waals surface area contributed by atoms with Gasteiger partial charge in [-0.25, -0.2) is 13.2 Å². The van der Waals surface area contributed by atoms with E-state index in [9.17, 15) is 13.2 Å². The molecule has 0 bridgehead atoms. The van der Waals surface area contributed by atoms with Gasteiger partial charge in [-0.2, -0.15) is 0 Å². The minimum Gasteiger partial charge on any atom is -0.494 e. The third kappa shape index (κ3) is 6.55. The zero-order chi connectivity index (χ0) is 18.1. The van der Waals surface area contributed by atoms with Crippen LogP contribution < -0.4 is 10.1 Å². The highest BCUT2D eigenvalue weighted by atomic mass is 32.2. The number of methoxy groups -OCH3 is 1. The van der Waals surface area contributed by atoms with Gasteiger partial charge in [0.05, 0.1) is 24.7 Å². The summed E-state index contributed by atoms with van der Waals surface area (Å²) in [5, 5.41) is 2.84. The molecule has 1 saturated heterocycles. The van der Waals surface area contributed by atoms with Gasteiger partial charge in [0.2, 0.25) is 0 Å². The number of urea groups is 1. The van der Waals surface area contributed by atoms with E-state index in [4.69, 9.17) is 9.47 Å². The molecule has 0 aliphatic carbocycles. The standard InChI is InChI=1S/C17H26N2O5S/c1-23-12-10-19(15-8-13-25(21,22)14-15)17(20)18-9-5-11-24-16-6-3-2-4-7-16/h2-4,6-7,15H,5,8-14H2,1H3,(H,18,20). The lowest BCUT2D eigenvalue weighted by atomic mass is 10.2. The summed E-state index contributed by atoms with van der Waals surface area (Å²) in [4.78, 5) is 14.0. The number of carbonyl (C=O) groups excluding carboxylic acids is 1. The maximum absolute atomic E-state index is 12.4. The summed E-state index contributed by atoms with van der Waals surface area (Å²) < 4.78 is 34.0. The van der Waals surface area contributed by atoms with Crippen LogP contribution in [0.1, 0.15) is 12.8 Å². The zero-order valence-electron chi connectivity index (χ0n) is 14.5. The van der Waals surface area contributed by atoms with Crippen LogP contribution in [0.15, 0.2) is 30.3 Å². The average molecular weight is 370 g/mol. The first-order valence-corrected chi connectivity index (χ1v) is 10.3. The molecule has 0 aromatic heterocycles. The maximum Gasteiger partial charge on any atom is 0.317 e. The van der Waals surface area contributed by atoms with E-state index in [1.165, 1.54) is 0 Å². The Labute approximate surface area is 149 Å². The topological polar surface area (TPSA) is 84.9 Å². The van der Waals surface area contributed by atoms with Gasteiger partial charge < -0.3 is 19.7 Å². The lowest BCUT2D eigenvalue weighted by Crippen LogP contribution is -2.48. The number of nitrogens with zero attached hydrogens (tertiary/aromatic N) is 1. The molecule has 0 radical (unpaired) electrons. The number of ether oxygens (including phenoxy) is 2. The lowest BCUT2D eigenvalue weighted by molar-refractivity contribution is 0.133. The Kier molecular flexibility index (Phi) is 7.52. The van der Waals surface area contributed by atoms with Crippen LogP contribution in [0.25, 0.3) is 0 Å². The number of carbonyl (C=O) groups is 1. The number of nitrogens with one attached hydrogen (secondary N) is 1. The smallest absolute Gasteiger partial charge is 0.317 e. The summed E-state index contributed by atoms with van der Waals surface area (Å²) in [6.07, 6.45) is 1.15. The summed E-state index contributed by atoms with van der Waals surface area (Å²) in [5.41, 5.74) is 0. The van der Waals surface area contributed by atoms with Gasteiger partial charge in [-0.05, 0) is 25.0 Å². The second-order valence-electron chi connectivity index (χ2n) is 5.99. The van der Waals surface area contributed by atoms with Gasteiger partial charge in [0, 0.05) is 26.2 Å². The molecule has 1 aromatic carbocycles. The molecule has 2 amide bonds. The van der Waals surface area contributed by atoms with Crippen LogP contribution in [-0.2, 0) is 14.6 Å². The second kappa shape index (κ2) is 9.62. The first-order chi connectivity index (χ1) is 12.0. The molecule has 25 heavy (non-hydrogen) atoms. The average Bonchev–Trinajstić information content (AvgIpc) is 2.95. The number of benzene rings is 1. The predicted molar refractivity (Wildman–Crippen MR) is 95.6 cm³/mol. The first-order valence-electron chi connectivity index (χ1n) is 8.43. The molecule has 0 spiro atoms. The van der Waals surface area contributed by atoms with Crippen molar-refractivity contribution < 1.29 is 22.7 Å². The molecule has 140 valence electrons. The Morgan fingerprint density at radius 3 is 2.68 bits per heavy atom. The number of amides is 2. The van der Waals surface area contributed by atoms with Crippen molar-refractivity contribution in [1.29, 1.82) is 0 Å². The Morgan fingerprint density at radius 2 is 2.04 bits per heavy atom. The maximum atomic E-state index is 12.4. The van der Waals surface area contributed by atoms with Gasteiger partial charge in [0.25, 0.3) is 0 Å². The van der Waals surface area contributed by atoms with E-state index in [1.54, 1.807) is 12.0 Å². The second-order valence-corrected chi connectivity index (χ2v) is 8.22. The summed E-state index contributed by atoms with van der Waals surface area (Å²) >= 11 is 0. The van der Waals surface area contributed by atoms with Crippen molar-refractivity contribution in [2.24, 2.45) is 0 Å². The largest absolute Gasteiger partial charge is 0.494 e. The highest BCUT2D eigenvalue weighted by Gasteiger charge is 2.34. The highest BCUT2D eigenvalue weighted by Crippen LogP contribution is 2.17. The normalized spacial score (nSPS) is 18.7. The minimum absolute atomic E-state index is 0.0290. The fourth-order valence-electron chi connectivity index (χ4n) is 2.74. The molecule has 8 heteroatoms. The van der Waals surface area contributed by atoms with Crippen LogP contribution in [0.4, 0.5) is 4.79 Å². The van der Waals surface area contributed by atoms with Crippen molar-refractivity contribution in [3.63, 3.8) is 0 Å². The van der Waals surface area contributed by atoms with Crippen LogP contribution in [0.5, 0.6) is 5.75 Å². The molecule has 1 aromatic rings. The van der Waals surface area contributed by atoms with E-state index < -0.39 is 9.84 Å². The van der Waals surface area contributed by atoms with Gasteiger partial charge in [0.15, 0.2) is 9.84 Å². The highest BCUT2D eigenvalue weighted by molar-refractivity contribution is 7.91. The van der Waals surface area contributed by atoms with Crippen molar-refractivity contribution in [1.82, 2.24) is 10.2 Å². The Bertz CT molecular complexity index is 636. The van der Waals surface area contributed by atoms with E-state index in [2.05, 4.69) is 5.32 Å². The number of hydrogen-bond acceptors (Lipinski definition) is 5. The van der Waals surface area contributed by atoms with Crippen molar-refractivity contribution in [3.8, 4) is 5.75 Å². The van der Waals surface area contributed by atoms with Gasteiger partial charge in [0.1, 0.15) is 5.75 Å². The van der Waals surface area contributed by atoms with Crippen molar-refractivity contribution in [2.75, 3.05) is 44.9 Å². The molecular formula is C17H26N2O5S. The molecule has 1 fully saturated rings. The van der Waals surface area contributed by atoms with Gasteiger partial charge in [-0.3, -0.25) is 0 Å². The number of rotatable bonds is 9. The zero-order valence-corrected chi connectivity index (χ0v) is 15.3. The fraction of sp³-hybridized carbons (Fsp3) is 0.588. The minimum atomic E-state index is -3.04. The molecular weight excluding hydrogens is 344 g/mol. The molecule has 1 unspecified atom stereocenters. The van der Waals surface area contributed by atoms with Crippen molar-refractivity contribution in [3.05, 3.63) is 30.3 Å². The van der Waals surface area contributed by atoms with E-state index in [1.807, 2.05) is 30.3 Å². The summed E-state index contributed by atoms with van der Waals surface area (Å²) in [6, 6.07) is 8.96. The summed E-state index contributed by atoms with van der Waals surface area (Å²) in [7, 11) is -1.48. The van der Waals surface area contributed by atoms with Crippen molar-refractivity contribution >= 4 is 15.9 Å². The summed E-state index contributed by atoms with van der Waals surface area (Å²) in [6.45, 7) is 1.72. The van der Waals surface area contributed by atoms with E-state index >= 15 is 0 Å². The Morgan fingerprint density at radius 1 is 1.28 bits per heavy atom. The quantitative estimate of drug-likeness (QED) is 0.663. The Balaban J connectivity index is 1.75. The lowest BCUT2D eigenvalue weighted by Gasteiger charge is -2.28. The Hall–Kier alpha value is -1.80. The third-order valence-electron chi connectivity index (χ3n) is 4.06. The van der Waals surface area contributed by atoms with E-state index in [0.29, 0.717) is 39.1 Å². The molecule has 0 saturated carbocycles. The molecule has 2 rings (SSSR count). The van der Waals surface area contributed by atoms with Crippen LogP contribution in [0.3, 0.4) is 0 Å². The number of sulfone groups is 1. The SMILES string of the molecule is COCCN(C(=O)NCCCOc1ccccc1)C1CCS(=O)(=O)C1. The van der Waals surface area contributed by atoms with E-state index in [0.717, 1.165) is 5.75 Å². The van der Waals surface area contributed by atoms with Crippen LogP contribution in [0.2, 0.25) is 0 Å². The molecule has 1 aliphatic heterocycles. The monoisotopic (exact) mass is 370 g/mol.